The minimum absolute atomic E-state index is 0.0742. The number of aryl methyl sites for hydroxylation is 1. The van der Waals surface area contributed by atoms with Gasteiger partial charge in [0, 0.05) is 18.7 Å². The number of anilines is 1. The molecule has 0 aromatic heterocycles. The van der Waals surface area contributed by atoms with Crippen LogP contribution in [0.5, 0.6) is 0 Å². The Bertz CT molecular complexity index is 667. The van der Waals surface area contributed by atoms with Crippen molar-refractivity contribution in [2.24, 2.45) is 11.8 Å². The second-order valence-electron chi connectivity index (χ2n) is 6.69. The minimum atomic E-state index is -0.191. The number of rotatable bonds is 6. The summed E-state index contributed by atoms with van der Waals surface area (Å²) < 4.78 is 0. The summed E-state index contributed by atoms with van der Waals surface area (Å²) in [5.41, 5.74) is 1.99. The van der Waals surface area contributed by atoms with Crippen molar-refractivity contribution in [2.75, 3.05) is 11.9 Å². The number of hydrogen-bond acceptors (Lipinski definition) is 3. The largest absolute Gasteiger partial charge is 0.326 e. The van der Waals surface area contributed by atoms with Gasteiger partial charge in [-0.15, -0.1) is 0 Å². The molecule has 2 aliphatic rings. The minimum Gasteiger partial charge on any atom is -0.326 e. The standard InChI is InChI=1S/C20H24N2O3/c1-2-14-9-11-15(12-10-14)21-18(23)8-5-13-22-19(24)16-6-3-4-7-17(16)20(22)25/h3-4,9-12,16-17H,2,5-8,13H2,1H3,(H,21,23)/t16-,17-/m1/s1. The van der Waals surface area contributed by atoms with Gasteiger partial charge < -0.3 is 5.32 Å². The molecule has 1 N–H and O–H groups in total. The summed E-state index contributed by atoms with van der Waals surface area (Å²) in [5, 5.41) is 2.85. The van der Waals surface area contributed by atoms with Crippen LogP contribution >= 0.6 is 0 Å². The number of nitrogens with one attached hydrogen (secondary N) is 1. The number of hydrogen-bond donors (Lipinski definition) is 1. The molecule has 5 nitrogen and oxygen atoms in total. The lowest BCUT2D eigenvalue weighted by molar-refractivity contribution is -0.140. The molecule has 0 bridgehead atoms. The van der Waals surface area contributed by atoms with Crippen molar-refractivity contribution in [3.8, 4) is 0 Å². The fourth-order valence-electron chi connectivity index (χ4n) is 3.53. The van der Waals surface area contributed by atoms with Gasteiger partial charge in [-0.25, -0.2) is 0 Å². The molecular formula is C20H24N2O3. The zero-order chi connectivity index (χ0) is 17.8. The summed E-state index contributed by atoms with van der Waals surface area (Å²) in [6, 6.07) is 7.77. The first-order valence-corrected chi connectivity index (χ1v) is 8.99. The summed E-state index contributed by atoms with van der Waals surface area (Å²) in [5.74, 6) is -0.626. The molecule has 1 fully saturated rings. The van der Waals surface area contributed by atoms with Crippen molar-refractivity contribution in [1.82, 2.24) is 4.90 Å². The van der Waals surface area contributed by atoms with Crippen LogP contribution < -0.4 is 5.32 Å². The Morgan fingerprint density at radius 3 is 2.24 bits per heavy atom. The average Bonchev–Trinajstić information content (AvgIpc) is 2.87. The monoisotopic (exact) mass is 340 g/mol. The first kappa shape index (κ1) is 17.4. The smallest absolute Gasteiger partial charge is 0.233 e. The van der Waals surface area contributed by atoms with Crippen molar-refractivity contribution in [1.29, 1.82) is 0 Å². The van der Waals surface area contributed by atoms with Crippen LogP contribution in [0.2, 0.25) is 0 Å². The summed E-state index contributed by atoms with van der Waals surface area (Å²) in [6.45, 7) is 2.41. The molecule has 1 aromatic carbocycles. The van der Waals surface area contributed by atoms with Gasteiger partial charge in [0.2, 0.25) is 17.7 Å². The van der Waals surface area contributed by atoms with E-state index in [1.165, 1.54) is 10.5 Å². The van der Waals surface area contributed by atoms with Gasteiger partial charge in [-0.05, 0) is 43.4 Å². The number of likely N-dealkylation sites (tertiary alicyclic amines) is 1. The highest BCUT2D eigenvalue weighted by Crippen LogP contribution is 2.35. The molecule has 0 unspecified atom stereocenters. The molecule has 2 atom stereocenters. The van der Waals surface area contributed by atoms with E-state index in [1.807, 2.05) is 36.4 Å². The van der Waals surface area contributed by atoms with Crippen molar-refractivity contribution in [2.45, 2.75) is 39.0 Å². The van der Waals surface area contributed by atoms with E-state index in [0.717, 1.165) is 12.1 Å². The molecule has 1 heterocycles. The second kappa shape index (κ2) is 7.64. The van der Waals surface area contributed by atoms with Crippen LogP contribution in [0.15, 0.2) is 36.4 Å². The van der Waals surface area contributed by atoms with Gasteiger partial charge in [0.05, 0.1) is 11.8 Å². The van der Waals surface area contributed by atoms with E-state index in [-0.39, 0.29) is 29.6 Å². The van der Waals surface area contributed by atoms with E-state index in [2.05, 4.69) is 12.2 Å². The molecule has 1 aromatic rings. The van der Waals surface area contributed by atoms with Gasteiger partial charge in [0.1, 0.15) is 0 Å². The summed E-state index contributed by atoms with van der Waals surface area (Å²) in [4.78, 5) is 38.1. The van der Waals surface area contributed by atoms with E-state index in [4.69, 9.17) is 0 Å². The van der Waals surface area contributed by atoms with E-state index in [0.29, 0.717) is 32.2 Å². The summed E-state index contributed by atoms with van der Waals surface area (Å²) in [6.07, 6.45) is 7.01. The van der Waals surface area contributed by atoms with Crippen molar-refractivity contribution in [3.63, 3.8) is 0 Å². The van der Waals surface area contributed by atoms with E-state index < -0.39 is 0 Å². The Hall–Kier alpha value is -2.43. The number of fused-ring (bicyclic) bond motifs is 1. The molecule has 3 amide bonds. The van der Waals surface area contributed by atoms with Gasteiger partial charge in [0.15, 0.2) is 0 Å². The third-order valence-electron chi connectivity index (χ3n) is 5.03. The fourth-order valence-corrected chi connectivity index (χ4v) is 3.53. The first-order chi connectivity index (χ1) is 12.1. The van der Waals surface area contributed by atoms with Crippen LogP contribution in [-0.4, -0.2) is 29.2 Å². The molecule has 1 aliphatic carbocycles. The lowest BCUT2D eigenvalue weighted by Crippen LogP contribution is -2.32. The number of imide groups is 1. The van der Waals surface area contributed by atoms with Crippen molar-refractivity contribution < 1.29 is 14.4 Å². The highest BCUT2D eigenvalue weighted by Gasteiger charge is 2.46. The van der Waals surface area contributed by atoms with E-state index in [9.17, 15) is 14.4 Å². The molecule has 25 heavy (non-hydrogen) atoms. The average molecular weight is 340 g/mol. The fraction of sp³-hybridized carbons (Fsp3) is 0.450. The van der Waals surface area contributed by atoms with Gasteiger partial charge in [-0.1, -0.05) is 31.2 Å². The predicted octanol–water partition coefficient (Wildman–Crippen LogP) is 2.92. The Morgan fingerprint density at radius 2 is 1.68 bits per heavy atom. The lowest BCUT2D eigenvalue weighted by atomic mass is 9.85. The highest BCUT2D eigenvalue weighted by molar-refractivity contribution is 6.05. The lowest BCUT2D eigenvalue weighted by Gasteiger charge is -2.14. The normalized spacial score (nSPS) is 22.2. The second-order valence-corrected chi connectivity index (χ2v) is 6.69. The molecule has 0 radical (unpaired) electrons. The van der Waals surface area contributed by atoms with Gasteiger partial charge >= 0.3 is 0 Å². The third-order valence-corrected chi connectivity index (χ3v) is 5.03. The van der Waals surface area contributed by atoms with Crippen molar-refractivity contribution >= 4 is 23.4 Å². The maximum Gasteiger partial charge on any atom is 0.233 e. The Labute approximate surface area is 148 Å². The number of allylic oxidation sites excluding steroid dienone is 2. The number of amides is 3. The predicted molar refractivity (Wildman–Crippen MR) is 95.8 cm³/mol. The molecular weight excluding hydrogens is 316 g/mol. The van der Waals surface area contributed by atoms with E-state index in [1.54, 1.807) is 0 Å². The quantitative estimate of drug-likeness (QED) is 0.639. The van der Waals surface area contributed by atoms with Gasteiger partial charge in [-0.3, -0.25) is 19.3 Å². The topological polar surface area (TPSA) is 66.5 Å². The molecule has 3 rings (SSSR count). The zero-order valence-corrected chi connectivity index (χ0v) is 14.5. The Kier molecular flexibility index (Phi) is 5.31. The number of carbonyl (C=O) groups is 3. The van der Waals surface area contributed by atoms with Crippen LogP contribution in [0.4, 0.5) is 5.69 Å². The summed E-state index contributed by atoms with van der Waals surface area (Å²) in [7, 11) is 0. The maximum absolute atomic E-state index is 12.3. The SMILES string of the molecule is CCc1ccc(NC(=O)CCCN2C(=O)[C@@H]3CC=CC[C@H]3C2=O)cc1. The molecule has 1 aliphatic heterocycles. The third kappa shape index (κ3) is 3.81. The van der Waals surface area contributed by atoms with Crippen LogP contribution in [0.3, 0.4) is 0 Å². The number of nitrogens with zero attached hydrogens (tertiary/aromatic N) is 1. The molecule has 0 saturated carbocycles. The van der Waals surface area contributed by atoms with E-state index >= 15 is 0 Å². The van der Waals surface area contributed by atoms with Crippen LogP contribution in [-0.2, 0) is 20.8 Å². The van der Waals surface area contributed by atoms with Crippen LogP contribution in [0.1, 0.15) is 38.2 Å². The first-order valence-electron chi connectivity index (χ1n) is 8.99. The van der Waals surface area contributed by atoms with Gasteiger partial charge in [-0.2, -0.15) is 0 Å². The maximum atomic E-state index is 12.3. The number of benzene rings is 1. The Morgan fingerprint density at radius 1 is 1.08 bits per heavy atom. The molecule has 132 valence electrons. The molecule has 0 spiro atoms. The van der Waals surface area contributed by atoms with Crippen LogP contribution in [0.25, 0.3) is 0 Å². The molecule has 5 heteroatoms. The Balaban J connectivity index is 1.46. The highest BCUT2D eigenvalue weighted by atomic mass is 16.2. The van der Waals surface area contributed by atoms with Gasteiger partial charge in [0.25, 0.3) is 0 Å². The van der Waals surface area contributed by atoms with Crippen molar-refractivity contribution in [3.05, 3.63) is 42.0 Å². The molecule has 1 saturated heterocycles. The van der Waals surface area contributed by atoms with Crippen LogP contribution in [0, 0.1) is 11.8 Å². The zero-order valence-electron chi connectivity index (χ0n) is 14.5. The number of carbonyl (C=O) groups excluding carboxylic acids is 3. The summed E-state index contributed by atoms with van der Waals surface area (Å²) >= 11 is 0.